The van der Waals surface area contributed by atoms with Gasteiger partial charge in [0.25, 0.3) is 0 Å². The van der Waals surface area contributed by atoms with Crippen molar-refractivity contribution in [1.82, 2.24) is 10.2 Å². The van der Waals surface area contributed by atoms with Crippen LogP contribution in [0.2, 0.25) is 0 Å². The highest BCUT2D eigenvalue weighted by atomic mass is 31.2. The Hall–Kier alpha value is -1.41. The average Bonchev–Trinajstić information content (AvgIpc) is 2.63. The number of hydrogen-bond donors (Lipinski definition) is 1. The van der Waals surface area contributed by atoms with E-state index >= 15 is 0 Å². The van der Waals surface area contributed by atoms with Crippen molar-refractivity contribution >= 4 is 17.8 Å². The molecule has 0 fully saturated rings. The summed E-state index contributed by atoms with van der Waals surface area (Å²) in [7, 11) is -2.63. The molecule has 0 heterocycles. The van der Waals surface area contributed by atoms with Crippen LogP contribution in [0.3, 0.4) is 0 Å². The van der Waals surface area contributed by atoms with Crippen LogP contribution in [0, 0.1) is 0 Å². The fraction of sp³-hybridized carbons (Fsp3) is 0.368. The molecule has 0 bridgehead atoms. The molecule has 1 N–H and O–H groups in total. The molecule has 0 saturated carbocycles. The van der Waals surface area contributed by atoms with E-state index in [9.17, 15) is 4.57 Å². The predicted octanol–water partition coefficient (Wildman–Crippen LogP) is 2.89. The average molecular weight is 330 g/mol. The van der Waals surface area contributed by atoms with Crippen LogP contribution in [-0.2, 0) is 4.57 Å². The first-order chi connectivity index (χ1) is 11.2. The molecule has 0 aliphatic carbocycles. The normalized spacial score (nSPS) is 11.8. The highest BCUT2D eigenvalue weighted by molar-refractivity contribution is 7.78. The van der Waals surface area contributed by atoms with Crippen LogP contribution in [0.4, 0.5) is 0 Å². The third-order valence-corrected chi connectivity index (χ3v) is 7.11. The topological polar surface area (TPSA) is 32.3 Å². The minimum absolute atomic E-state index is 0.502. The monoisotopic (exact) mass is 330 g/mol. The second kappa shape index (κ2) is 9.02. The fourth-order valence-electron chi connectivity index (χ4n) is 2.68. The number of hydrogen-bond acceptors (Lipinski definition) is 3. The lowest BCUT2D eigenvalue weighted by Gasteiger charge is -2.22. The van der Waals surface area contributed by atoms with Gasteiger partial charge in [-0.15, -0.1) is 0 Å². The van der Waals surface area contributed by atoms with Crippen molar-refractivity contribution in [2.45, 2.75) is 13.8 Å². The third kappa shape index (κ3) is 4.78. The summed E-state index contributed by atoms with van der Waals surface area (Å²) >= 11 is 0. The molecule has 4 heteroatoms. The molecule has 0 aliphatic rings. The van der Waals surface area contributed by atoms with E-state index in [1.165, 1.54) is 0 Å². The summed E-state index contributed by atoms with van der Waals surface area (Å²) in [4.78, 5) is 2.36. The highest BCUT2D eigenvalue weighted by Crippen LogP contribution is 2.41. The molecule has 0 aromatic heterocycles. The van der Waals surface area contributed by atoms with Crippen molar-refractivity contribution in [1.29, 1.82) is 0 Å². The lowest BCUT2D eigenvalue weighted by molar-refractivity contribution is 0.305. The first-order valence-electron chi connectivity index (χ1n) is 8.34. The summed E-state index contributed by atoms with van der Waals surface area (Å²) in [6, 6.07) is 19.7. The Labute approximate surface area is 140 Å². The van der Waals surface area contributed by atoms with Gasteiger partial charge in [-0.05, 0) is 13.1 Å². The van der Waals surface area contributed by atoms with E-state index < -0.39 is 7.14 Å². The molecule has 0 radical (unpaired) electrons. The first-order valence-corrected chi connectivity index (χ1v) is 10.2. The van der Waals surface area contributed by atoms with Crippen molar-refractivity contribution in [3.63, 3.8) is 0 Å². The van der Waals surface area contributed by atoms with E-state index in [-0.39, 0.29) is 0 Å². The van der Waals surface area contributed by atoms with Gasteiger partial charge in [-0.1, -0.05) is 74.5 Å². The van der Waals surface area contributed by atoms with Crippen LogP contribution in [0.15, 0.2) is 60.7 Å². The first kappa shape index (κ1) is 17.9. The van der Waals surface area contributed by atoms with E-state index in [0.29, 0.717) is 6.29 Å². The molecule has 0 aliphatic heterocycles. The highest BCUT2D eigenvalue weighted by Gasteiger charge is 2.26. The molecule has 2 rings (SSSR count). The Bertz CT molecular complexity index is 568. The third-order valence-electron chi connectivity index (χ3n) is 4.18. The Kier molecular flexibility index (Phi) is 7.04. The maximum atomic E-state index is 13.7. The maximum absolute atomic E-state index is 13.7. The second-order valence-electron chi connectivity index (χ2n) is 5.60. The van der Waals surface area contributed by atoms with Crippen LogP contribution < -0.4 is 15.9 Å². The molecule has 0 atom stereocenters. The van der Waals surface area contributed by atoms with Crippen molar-refractivity contribution in [2.75, 3.05) is 32.5 Å². The number of likely N-dealkylation sites (N-methyl/N-ethyl adjacent to an activating group) is 1. The SMILES string of the molecule is CCN(CC)CCNCP(=O)(c1ccccc1)c1ccccc1. The second-order valence-corrected chi connectivity index (χ2v) is 8.42. The minimum Gasteiger partial charge on any atom is -0.312 e. The summed E-state index contributed by atoms with van der Waals surface area (Å²) in [5.74, 6) is 0. The molecule has 0 spiro atoms. The van der Waals surface area contributed by atoms with Gasteiger partial charge in [0, 0.05) is 23.7 Å². The summed E-state index contributed by atoms with van der Waals surface area (Å²) < 4.78 is 13.7. The van der Waals surface area contributed by atoms with E-state index in [0.717, 1.165) is 36.8 Å². The van der Waals surface area contributed by atoms with Gasteiger partial charge in [-0.2, -0.15) is 0 Å². The van der Waals surface area contributed by atoms with E-state index in [1.54, 1.807) is 0 Å². The number of benzene rings is 2. The lowest BCUT2D eigenvalue weighted by Crippen LogP contribution is -2.34. The Morgan fingerprint density at radius 2 is 1.35 bits per heavy atom. The molecule has 0 saturated heterocycles. The fourth-order valence-corrected chi connectivity index (χ4v) is 5.13. The largest absolute Gasteiger partial charge is 0.312 e. The molecule has 0 unspecified atom stereocenters. The molecular weight excluding hydrogens is 303 g/mol. The van der Waals surface area contributed by atoms with Gasteiger partial charge in [0.05, 0.1) is 6.29 Å². The van der Waals surface area contributed by atoms with Crippen LogP contribution in [0.1, 0.15) is 13.8 Å². The Morgan fingerprint density at radius 3 is 1.78 bits per heavy atom. The van der Waals surface area contributed by atoms with E-state index in [4.69, 9.17) is 0 Å². The summed E-state index contributed by atoms with van der Waals surface area (Å²) in [6.45, 7) is 8.27. The van der Waals surface area contributed by atoms with Crippen molar-refractivity contribution in [3.8, 4) is 0 Å². The van der Waals surface area contributed by atoms with E-state index in [1.807, 2.05) is 60.7 Å². The van der Waals surface area contributed by atoms with Crippen molar-refractivity contribution < 1.29 is 4.57 Å². The zero-order valence-electron chi connectivity index (χ0n) is 14.1. The van der Waals surface area contributed by atoms with Crippen LogP contribution in [0.5, 0.6) is 0 Å². The zero-order chi connectivity index (χ0) is 16.5. The summed E-state index contributed by atoms with van der Waals surface area (Å²) in [6.07, 6.45) is 0.502. The van der Waals surface area contributed by atoms with Gasteiger partial charge in [0.2, 0.25) is 0 Å². The summed E-state index contributed by atoms with van der Waals surface area (Å²) in [5, 5.41) is 5.25. The number of nitrogens with zero attached hydrogens (tertiary/aromatic N) is 1. The summed E-state index contributed by atoms with van der Waals surface area (Å²) in [5.41, 5.74) is 0. The lowest BCUT2D eigenvalue weighted by atomic mass is 10.4. The molecule has 0 amide bonds. The standard InChI is InChI=1S/C19H27N2OP/c1-3-21(4-2)16-15-20-17-23(22,18-11-7-5-8-12-18)19-13-9-6-10-14-19/h5-14,20H,3-4,15-17H2,1-2H3. The van der Waals surface area contributed by atoms with Crippen LogP contribution >= 0.6 is 7.14 Å². The van der Waals surface area contributed by atoms with Gasteiger partial charge in [0.1, 0.15) is 0 Å². The van der Waals surface area contributed by atoms with Gasteiger partial charge in [-0.3, -0.25) is 0 Å². The van der Waals surface area contributed by atoms with Crippen molar-refractivity contribution in [3.05, 3.63) is 60.7 Å². The predicted molar refractivity (Wildman–Crippen MR) is 100 cm³/mol. The van der Waals surface area contributed by atoms with E-state index in [2.05, 4.69) is 24.1 Å². The Balaban J connectivity index is 2.11. The molecule has 2 aromatic carbocycles. The molecule has 23 heavy (non-hydrogen) atoms. The molecular formula is C19H27N2OP. The van der Waals surface area contributed by atoms with Crippen LogP contribution in [-0.4, -0.2) is 37.4 Å². The number of nitrogens with one attached hydrogen (secondary N) is 1. The van der Waals surface area contributed by atoms with Crippen LogP contribution in [0.25, 0.3) is 0 Å². The smallest absolute Gasteiger partial charge is 0.156 e. The van der Waals surface area contributed by atoms with Gasteiger partial charge < -0.3 is 14.8 Å². The Morgan fingerprint density at radius 1 is 0.870 bits per heavy atom. The quantitative estimate of drug-likeness (QED) is 0.567. The zero-order valence-corrected chi connectivity index (χ0v) is 15.0. The van der Waals surface area contributed by atoms with Gasteiger partial charge in [-0.25, -0.2) is 0 Å². The maximum Gasteiger partial charge on any atom is 0.156 e. The molecule has 3 nitrogen and oxygen atoms in total. The number of rotatable bonds is 9. The molecule has 2 aromatic rings. The van der Waals surface area contributed by atoms with Gasteiger partial charge >= 0.3 is 0 Å². The molecule has 124 valence electrons. The van der Waals surface area contributed by atoms with Gasteiger partial charge in [0.15, 0.2) is 7.14 Å². The minimum atomic E-state index is -2.63. The van der Waals surface area contributed by atoms with Crippen molar-refractivity contribution in [2.24, 2.45) is 0 Å².